The average Bonchev–Trinajstić information content (AvgIpc) is 2.21. The molecule has 0 aromatic heterocycles. The fraction of sp³-hybridized carbons (Fsp3) is 0.417. The van der Waals surface area contributed by atoms with Gasteiger partial charge in [0, 0.05) is 6.04 Å². The first-order valence-electron chi connectivity index (χ1n) is 5.47. The first-order valence-corrected chi connectivity index (χ1v) is 6.26. The summed E-state index contributed by atoms with van der Waals surface area (Å²) in [5.41, 5.74) is 6.32. The monoisotopic (exact) mass is 300 g/mol. The molecule has 0 aliphatic heterocycles. The van der Waals surface area contributed by atoms with Crippen molar-refractivity contribution in [2.45, 2.75) is 26.3 Å². The van der Waals surface area contributed by atoms with Crippen molar-refractivity contribution in [2.75, 3.05) is 12.3 Å². The molecule has 0 heterocycles. The maximum atomic E-state index is 11.4. The Morgan fingerprint density at radius 3 is 2.82 bits per heavy atom. The fourth-order valence-corrected chi connectivity index (χ4v) is 1.81. The van der Waals surface area contributed by atoms with E-state index in [-0.39, 0.29) is 11.9 Å². The molecule has 1 amide bonds. The van der Waals surface area contributed by atoms with E-state index >= 15 is 0 Å². The molecule has 5 heteroatoms. The van der Waals surface area contributed by atoms with Gasteiger partial charge in [0.1, 0.15) is 0 Å². The van der Waals surface area contributed by atoms with Gasteiger partial charge in [0.2, 0.25) is 5.91 Å². The number of ether oxygens (including phenoxy) is 1. The summed E-state index contributed by atoms with van der Waals surface area (Å²) in [6, 6.07) is 5.59. The number of carbonyl (C=O) groups is 1. The van der Waals surface area contributed by atoms with Crippen LogP contribution in [-0.4, -0.2) is 18.6 Å². The van der Waals surface area contributed by atoms with Crippen LogP contribution in [0.1, 0.15) is 20.3 Å². The van der Waals surface area contributed by atoms with Crippen LogP contribution in [0.2, 0.25) is 0 Å². The van der Waals surface area contributed by atoms with E-state index in [4.69, 9.17) is 10.5 Å². The second-order valence-electron chi connectivity index (χ2n) is 3.98. The van der Waals surface area contributed by atoms with Crippen LogP contribution in [0.15, 0.2) is 22.7 Å². The van der Waals surface area contributed by atoms with E-state index in [1.54, 1.807) is 6.07 Å². The molecule has 0 saturated heterocycles. The van der Waals surface area contributed by atoms with Gasteiger partial charge >= 0.3 is 0 Å². The van der Waals surface area contributed by atoms with Crippen LogP contribution in [0.3, 0.4) is 0 Å². The number of hydrogen-bond donors (Lipinski definition) is 2. The molecule has 0 spiro atoms. The largest absolute Gasteiger partial charge is 0.490 e. The second-order valence-corrected chi connectivity index (χ2v) is 4.83. The summed E-state index contributed by atoms with van der Waals surface area (Å²) in [5.74, 6) is 0.565. The lowest BCUT2D eigenvalue weighted by molar-refractivity contribution is -0.122. The Hall–Kier alpha value is -1.23. The van der Waals surface area contributed by atoms with Gasteiger partial charge in [0.25, 0.3) is 0 Å². The third kappa shape index (κ3) is 4.65. The van der Waals surface area contributed by atoms with Crippen molar-refractivity contribution in [1.82, 2.24) is 5.32 Å². The van der Waals surface area contributed by atoms with Crippen LogP contribution in [0.4, 0.5) is 5.69 Å². The molecule has 0 aliphatic carbocycles. The number of nitrogens with one attached hydrogen (secondary N) is 1. The predicted octanol–water partition coefficient (Wildman–Crippen LogP) is 2.32. The lowest BCUT2D eigenvalue weighted by atomic mass is 10.3. The van der Waals surface area contributed by atoms with Crippen LogP contribution in [-0.2, 0) is 4.79 Å². The molecule has 0 unspecified atom stereocenters. The summed E-state index contributed by atoms with van der Waals surface area (Å²) in [7, 11) is 0. The Morgan fingerprint density at radius 2 is 2.24 bits per heavy atom. The standard InChI is InChI=1S/C12H17BrN2O2/c1-8(2)15-11(16)6-7-17-12-9(13)4-3-5-10(12)14/h3-5,8H,6-7,14H2,1-2H3,(H,15,16). The highest BCUT2D eigenvalue weighted by molar-refractivity contribution is 9.10. The zero-order chi connectivity index (χ0) is 12.8. The highest BCUT2D eigenvalue weighted by atomic mass is 79.9. The molecule has 0 atom stereocenters. The molecule has 3 N–H and O–H groups in total. The van der Waals surface area contributed by atoms with Crippen LogP contribution >= 0.6 is 15.9 Å². The molecule has 1 rings (SSSR count). The molecule has 94 valence electrons. The lowest BCUT2D eigenvalue weighted by Gasteiger charge is -2.11. The Balaban J connectivity index is 2.43. The summed E-state index contributed by atoms with van der Waals surface area (Å²) in [4.78, 5) is 11.4. The normalized spacial score (nSPS) is 10.4. The Kier molecular flexibility index (Phi) is 5.28. The average molecular weight is 301 g/mol. The van der Waals surface area contributed by atoms with E-state index in [2.05, 4.69) is 21.2 Å². The quantitative estimate of drug-likeness (QED) is 0.820. The van der Waals surface area contributed by atoms with E-state index in [0.717, 1.165) is 4.47 Å². The van der Waals surface area contributed by atoms with Crippen molar-refractivity contribution in [2.24, 2.45) is 0 Å². The number of nitrogen functional groups attached to an aromatic ring is 1. The third-order valence-electron chi connectivity index (χ3n) is 2.02. The number of amides is 1. The Bertz CT molecular complexity index is 374. The molecule has 0 radical (unpaired) electrons. The summed E-state index contributed by atoms with van der Waals surface area (Å²) in [5, 5.41) is 2.80. The van der Waals surface area contributed by atoms with Gasteiger partial charge in [-0.1, -0.05) is 6.07 Å². The van der Waals surface area contributed by atoms with Gasteiger partial charge in [-0.25, -0.2) is 0 Å². The number of para-hydroxylation sites is 1. The smallest absolute Gasteiger partial charge is 0.223 e. The van der Waals surface area contributed by atoms with Crippen LogP contribution in [0, 0.1) is 0 Å². The van der Waals surface area contributed by atoms with E-state index in [1.165, 1.54) is 0 Å². The summed E-state index contributed by atoms with van der Waals surface area (Å²) >= 11 is 3.35. The van der Waals surface area contributed by atoms with Gasteiger partial charge in [-0.05, 0) is 41.9 Å². The van der Waals surface area contributed by atoms with Crippen molar-refractivity contribution in [3.63, 3.8) is 0 Å². The SMILES string of the molecule is CC(C)NC(=O)CCOc1c(N)cccc1Br. The zero-order valence-electron chi connectivity index (χ0n) is 10.00. The molecule has 0 fully saturated rings. The van der Waals surface area contributed by atoms with Crippen molar-refractivity contribution < 1.29 is 9.53 Å². The molecule has 4 nitrogen and oxygen atoms in total. The van der Waals surface area contributed by atoms with E-state index < -0.39 is 0 Å². The maximum absolute atomic E-state index is 11.4. The van der Waals surface area contributed by atoms with Crippen LogP contribution in [0.5, 0.6) is 5.75 Å². The van der Waals surface area contributed by atoms with Gasteiger partial charge in [0.05, 0.1) is 23.2 Å². The lowest BCUT2D eigenvalue weighted by Crippen LogP contribution is -2.31. The number of anilines is 1. The van der Waals surface area contributed by atoms with Crippen LogP contribution in [0.25, 0.3) is 0 Å². The van der Waals surface area contributed by atoms with E-state index in [1.807, 2.05) is 26.0 Å². The summed E-state index contributed by atoms with van der Waals surface area (Å²) in [6.45, 7) is 4.15. The van der Waals surface area contributed by atoms with Crippen molar-refractivity contribution >= 4 is 27.5 Å². The number of nitrogens with two attached hydrogens (primary N) is 1. The molecule has 0 bridgehead atoms. The predicted molar refractivity (Wildman–Crippen MR) is 71.9 cm³/mol. The van der Waals surface area contributed by atoms with Crippen molar-refractivity contribution in [3.8, 4) is 5.75 Å². The number of rotatable bonds is 5. The number of hydrogen-bond acceptors (Lipinski definition) is 3. The highest BCUT2D eigenvalue weighted by Crippen LogP contribution is 2.30. The molecule has 0 saturated carbocycles. The number of benzene rings is 1. The molecular formula is C12H17BrN2O2. The van der Waals surface area contributed by atoms with E-state index in [0.29, 0.717) is 24.5 Å². The van der Waals surface area contributed by atoms with Crippen molar-refractivity contribution in [1.29, 1.82) is 0 Å². The van der Waals surface area contributed by atoms with Gasteiger partial charge in [-0.2, -0.15) is 0 Å². The van der Waals surface area contributed by atoms with Gasteiger partial charge in [-0.15, -0.1) is 0 Å². The van der Waals surface area contributed by atoms with Crippen molar-refractivity contribution in [3.05, 3.63) is 22.7 Å². The zero-order valence-corrected chi connectivity index (χ0v) is 11.6. The Morgan fingerprint density at radius 1 is 1.53 bits per heavy atom. The minimum atomic E-state index is -0.0226. The first kappa shape index (κ1) is 13.8. The number of halogens is 1. The van der Waals surface area contributed by atoms with Crippen LogP contribution < -0.4 is 15.8 Å². The molecule has 1 aromatic rings. The highest BCUT2D eigenvalue weighted by Gasteiger charge is 2.07. The minimum absolute atomic E-state index is 0.0226. The second kappa shape index (κ2) is 6.49. The summed E-state index contributed by atoms with van der Waals surface area (Å²) in [6.07, 6.45) is 0.318. The number of carbonyl (C=O) groups excluding carboxylic acids is 1. The summed E-state index contributed by atoms with van der Waals surface area (Å²) < 4.78 is 6.28. The third-order valence-corrected chi connectivity index (χ3v) is 2.65. The van der Waals surface area contributed by atoms with Gasteiger partial charge in [0.15, 0.2) is 5.75 Å². The first-order chi connectivity index (χ1) is 8.00. The molecule has 17 heavy (non-hydrogen) atoms. The molecule has 1 aromatic carbocycles. The molecular weight excluding hydrogens is 284 g/mol. The fourth-order valence-electron chi connectivity index (χ4n) is 1.32. The topological polar surface area (TPSA) is 64.3 Å². The van der Waals surface area contributed by atoms with E-state index in [9.17, 15) is 4.79 Å². The minimum Gasteiger partial charge on any atom is -0.490 e. The Labute approximate surface area is 110 Å². The molecule has 0 aliphatic rings. The van der Waals surface area contributed by atoms with Gasteiger partial charge in [-0.3, -0.25) is 4.79 Å². The maximum Gasteiger partial charge on any atom is 0.223 e. The van der Waals surface area contributed by atoms with Gasteiger partial charge < -0.3 is 15.8 Å².